The van der Waals surface area contributed by atoms with Crippen molar-refractivity contribution in [3.8, 4) is 0 Å². The summed E-state index contributed by atoms with van der Waals surface area (Å²) in [6.07, 6.45) is 3.61. The lowest BCUT2D eigenvalue weighted by atomic mass is 10.0. The molecule has 1 saturated heterocycles. The average molecular weight is 401 g/mol. The largest absolute Gasteiger partial charge is 0.450 e. The van der Waals surface area contributed by atoms with Gasteiger partial charge in [-0.15, -0.1) is 0 Å². The van der Waals surface area contributed by atoms with Crippen LogP contribution in [-0.4, -0.2) is 71.3 Å². The smallest absolute Gasteiger partial charge is 0.407 e. The Bertz CT molecular complexity index is 440. The molecular formula is C20H40N4O4. The van der Waals surface area contributed by atoms with Gasteiger partial charge in [0.1, 0.15) is 0 Å². The Kier molecular flexibility index (Phi) is 13.5. The first-order chi connectivity index (χ1) is 13.5. The number of nitrogens with one attached hydrogen (secondary N) is 3. The molecule has 1 unspecified atom stereocenters. The molecule has 0 spiro atoms. The van der Waals surface area contributed by atoms with Crippen molar-refractivity contribution in [3.63, 3.8) is 0 Å². The summed E-state index contributed by atoms with van der Waals surface area (Å²) in [4.78, 5) is 15.9. The minimum atomic E-state index is -0.375. The van der Waals surface area contributed by atoms with Crippen molar-refractivity contribution >= 4 is 12.1 Å². The van der Waals surface area contributed by atoms with Gasteiger partial charge in [0.05, 0.1) is 6.61 Å². The molecule has 0 aromatic carbocycles. The van der Waals surface area contributed by atoms with Gasteiger partial charge in [0, 0.05) is 52.6 Å². The number of carbonyl (C=O) groups is 1. The zero-order valence-electron chi connectivity index (χ0n) is 18.1. The third-order valence-electron chi connectivity index (χ3n) is 4.55. The highest BCUT2D eigenvalue weighted by atomic mass is 16.5. The molecule has 1 fully saturated rings. The molecule has 8 heteroatoms. The highest BCUT2D eigenvalue weighted by Crippen LogP contribution is 2.14. The summed E-state index contributed by atoms with van der Waals surface area (Å²) < 4.78 is 16.1. The minimum Gasteiger partial charge on any atom is -0.450 e. The molecule has 0 aromatic rings. The second kappa shape index (κ2) is 15.4. The van der Waals surface area contributed by atoms with Crippen molar-refractivity contribution in [2.24, 2.45) is 16.8 Å². The lowest BCUT2D eigenvalue weighted by molar-refractivity contribution is 0.0203. The molecule has 164 valence electrons. The average Bonchev–Trinajstić information content (AvgIpc) is 2.67. The van der Waals surface area contributed by atoms with Gasteiger partial charge in [0.15, 0.2) is 5.96 Å². The Morgan fingerprint density at radius 3 is 2.64 bits per heavy atom. The maximum absolute atomic E-state index is 11.7. The number of nitrogens with zero attached hydrogens (tertiary/aromatic N) is 1. The van der Waals surface area contributed by atoms with E-state index >= 15 is 0 Å². The van der Waals surface area contributed by atoms with E-state index in [2.05, 4.69) is 34.8 Å². The second-order valence-electron chi connectivity index (χ2n) is 7.56. The van der Waals surface area contributed by atoms with Gasteiger partial charge in [0.2, 0.25) is 0 Å². The van der Waals surface area contributed by atoms with E-state index < -0.39 is 0 Å². The normalized spacial score (nSPS) is 16.7. The molecule has 0 aromatic heterocycles. The Labute approximate surface area is 170 Å². The van der Waals surface area contributed by atoms with Crippen LogP contribution in [0.2, 0.25) is 0 Å². The van der Waals surface area contributed by atoms with Gasteiger partial charge < -0.3 is 30.2 Å². The molecule has 1 atom stereocenters. The number of amides is 1. The number of guanidine groups is 1. The predicted octanol–water partition coefficient (Wildman–Crippen LogP) is 2.15. The van der Waals surface area contributed by atoms with Crippen LogP contribution in [0.1, 0.15) is 46.5 Å². The predicted molar refractivity (Wildman–Crippen MR) is 112 cm³/mol. The zero-order valence-corrected chi connectivity index (χ0v) is 18.1. The van der Waals surface area contributed by atoms with Crippen molar-refractivity contribution in [2.45, 2.75) is 52.5 Å². The standard InChI is InChI=1S/C20H40N4O4/c1-5-28-20(25)24-18(13-16(2)3)14-23-19(21-4)22-9-6-10-27-15-17-7-11-26-12-8-17/h16-18H,5-15H2,1-4H3,(H,24,25)(H2,21,22,23). The molecule has 1 aliphatic heterocycles. The van der Waals surface area contributed by atoms with Gasteiger partial charge >= 0.3 is 6.09 Å². The summed E-state index contributed by atoms with van der Waals surface area (Å²) in [5.41, 5.74) is 0. The highest BCUT2D eigenvalue weighted by molar-refractivity contribution is 5.79. The Morgan fingerprint density at radius 1 is 1.25 bits per heavy atom. The number of carbonyl (C=O) groups excluding carboxylic acids is 1. The van der Waals surface area contributed by atoms with Crippen LogP contribution in [0.5, 0.6) is 0 Å². The molecule has 0 aliphatic carbocycles. The van der Waals surface area contributed by atoms with E-state index in [1.807, 2.05) is 0 Å². The summed E-state index contributed by atoms with van der Waals surface area (Å²) in [6.45, 7) is 11.1. The van der Waals surface area contributed by atoms with Gasteiger partial charge in [-0.3, -0.25) is 4.99 Å². The molecule has 1 aliphatic rings. The number of hydrogen-bond acceptors (Lipinski definition) is 5. The number of rotatable bonds is 12. The third-order valence-corrected chi connectivity index (χ3v) is 4.55. The third kappa shape index (κ3) is 12.0. The molecule has 28 heavy (non-hydrogen) atoms. The Morgan fingerprint density at radius 2 is 2.00 bits per heavy atom. The Hall–Kier alpha value is -1.54. The van der Waals surface area contributed by atoms with Crippen LogP contribution in [0.3, 0.4) is 0 Å². The van der Waals surface area contributed by atoms with Crippen LogP contribution >= 0.6 is 0 Å². The van der Waals surface area contributed by atoms with Crippen molar-refractivity contribution < 1.29 is 19.0 Å². The summed E-state index contributed by atoms with van der Waals surface area (Å²) in [5, 5.41) is 9.48. The van der Waals surface area contributed by atoms with Crippen LogP contribution < -0.4 is 16.0 Å². The van der Waals surface area contributed by atoms with Gasteiger partial charge in [-0.2, -0.15) is 0 Å². The topological polar surface area (TPSA) is 93.2 Å². The molecule has 1 rings (SSSR count). The molecule has 0 radical (unpaired) electrons. The quantitative estimate of drug-likeness (QED) is 0.264. The van der Waals surface area contributed by atoms with E-state index in [1.54, 1.807) is 14.0 Å². The first kappa shape index (κ1) is 24.5. The fourth-order valence-corrected chi connectivity index (χ4v) is 3.09. The van der Waals surface area contributed by atoms with E-state index in [-0.39, 0.29) is 12.1 Å². The van der Waals surface area contributed by atoms with Crippen LogP contribution in [0.4, 0.5) is 4.79 Å². The molecule has 0 saturated carbocycles. The molecule has 8 nitrogen and oxygen atoms in total. The van der Waals surface area contributed by atoms with Gasteiger partial charge in [-0.25, -0.2) is 4.79 Å². The van der Waals surface area contributed by atoms with E-state index in [9.17, 15) is 4.79 Å². The summed E-state index contributed by atoms with van der Waals surface area (Å²) in [6, 6.07) is -0.0135. The SMILES string of the molecule is CCOC(=O)NC(CNC(=NC)NCCCOCC1CCOCC1)CC(C)C. The molecule has 1 heterocycles. The minimum absolute atomic E-state index is 0.0135. The van der Waals surface area contributed by atoms with Gasteiger partial charge in [-0.05, 0) is 44.4 Å². The van der Waals surface area contributed by atoms with Crippen molar-refractivity contribution in [2.75, 3.05) is 53.2 Å². The number of hydrogen-bond donors (Lipinski definition) is 3. The fourth-order valence-electron chi connectivity index (χ4n) is 3.09. The van der Waals surface area contributed by atoms with Crippen LogP contribution in [0.25, 0.3) is 0 Å². The molecule has 1 amide bonds. The van der Waals surface area contributed by atoms with E-state index in [4.69, 9.17) is 14.2 Å². The van der Waals surface area contributed by atoms with Gasteiger partial charge in [-0.1, -0.05) is 13.8 Å². The van der Waals surface area contributed by atoms with E-state index in [1.165, 1.54) is 0 Å². The lowest BCUT2D eigenvalue weighted by Crippen LogP contribution is -2.47. The van der Waals surface area contributed by atoms with Crippen LogP contribution in [-0.2, 0) is 14.2 Å². The number of ether oxygens (including phenoxy) is 3. The lowest BCUT2D eigenvalue weighted by Gasteiger charge is -2.22. The molecular weight excluding hydrogens is 360 g/mol. The summed E-state index contributed by atoms with van der Waals surface area (Å²) in [5.74, 6) is 1.83. The number of aliphatic imine (C=N–C) groups is 1. The maximum atomic E-state index is 11.7. The zero-order chi connectivity index (χ0) is 20.6. The first-order valence-electron chi connectivity index (χ1n) is 10.6. The molecule has 3 N–H and O–H groups in total. The highest BCUT2D eigenvalue weighted by Gasteiger charge is 2.15. The van der Waals surface area contributed by atoms with E-state index in [0.717, 1.165) is 64.6 Å². The van der Waals surface area contributed by atoms with Crippen molar-refractivity contribution in [1.29, 1.82) is 0 Å². The second-order valence-corrected chi connectivity index (χ2v) is 7.56. The number of alkyl carbamates (subject to hydrolysis) is 1. The summed E-state index contributed by atoms with van der Waals surface area (Å²) in [7, 11) is 1.74. The van der Waals surface area contributed by atoms with Gasteiger partial charge in [0.25, 0.3) is 0 Å². The van der Waals surface area contributed by atoms with Crippen molar-refractivity contribution in [3.05, 3.63) is 0 Å². The monoisotopic (exact) mass is 400 g/mol. The van der Waals surface area contributed by atoms with Crippen molar-refractivity contribution in [1.82, 2.24) is 16.0 Å². The maximum Gasteiger partial charge on any atom is 0.407 e. The van der Waals surface area contributed by atoms with Crippen LogP contribution in [0, 0.1) is 11.8 Å². The first-order valence-corrected chi connectivity index (χ1v) is 10.6. The van der Waals surface area contributed by atoms with Crippen LogP contribution in [0.15, 0.2) is 4.99 Å². The fraction of sp³-hybridized carbons (Fsp3) is 0.900. The van der Waals surface area contributed by atoms with E-state index in [0.29, 0.717) is 25.0 Å². The summed E-state index contributed by atoms with van der Waals surface area (Å²) >= 11 is 0. The molecule has 0 bridgehead atoms. The Balaban J connectivity index is 2.19.